The van der Waals surface area contributed by atoms with E-state index < -0.39 is 0 Å². The Morgan fingerprint density at radius 2 is 1.68 bits per heavy atom. The predicted molar refractivity (Wildman–Crippen MR) is 90.8 cm³/mol. The van der Waals surface area contributed by atoms with E-state index in [9.17, 15) is 0 Å². The second-order valence-electron chi connectivity index (χ2n) is 5.16. The number of nitrogens with two attached hydrogens (primary N) is 3. The van der Waals surface area contributed by atoms with Gasteiger partial charge in [-0.2, -0.15) is 0 Å². The fourth-order valence-electron chi connectivity index (χ4n) is 2.56. The largest absolute Gasteiger partial charge is 0.497 e. The molecular formula is C17H18N4O. The van der Waals surface area contributed by atoms with Crippen molar-refractivity contribution >= 4 is 28.1 Å². The second-order valence-corrected chi connectivity index (χ2v) is 5.16. The minimum atomic E-state index is 0.270. The maximum atomic E-state index is 6.15. The number of nitrogens with zero attached hydrogens (tertiary/aromatic N) is 1. The van der Waals surface area contributed by atoms with Crippen LogP contribution < -0.4 is 21.9 Å². The predicted octanol–water partition coefficient (Wildman–Crippen LogP) is 2.58. The minimum absolute atomic E-state index is 0.270. The highest BCUT2D eigenvalue weighted by atomic mass is 16.5. The molecule has 0 spiro atoms. The highest BCUT2D eigenvalue weighted by Gasteiger charge is 2.12. The quantitative estimate of drug-likeness (QED) is 0.689. The van der Waals surface area contributed by atoms with Crippen LogP contribution in [0.25, 0.3) is 10.9 Å². The number of hydrogen-bond donors (Lipinski definition) is 3. The second kappa shape index (κ2) is 5.44. The Morgan fingerprint density at radius 3 is 2.36 bits per heavy atom. The standard InChI is InChI=1S/C17H18N4O/c1-22-12-7-5-10(6-8-12)9-11-3-2-4-13-14(11)15(18)16(19)17(20)21-13/h2-8H,9,19H2,1H3,(H4,18,20,21). The number of rotatable bonds is 3. The van der Waals surface area contributed by atoms with Gasteiger partial charge in [-0.25, -0.2) is 4.98 Å². The number of pyridine rings is 1. The molecule has 0 aliphatic carbocycles. The van der Waals surface area contributed by atoms with Gasteiger partial charge in [-0.3, -0.25) is 0 Å². The first-order valence-corrected chi connectivity index (χ1v) is 6.95. The molecule has 0 fully saturated rings. The van der Waals surface area contributed by atoms with Crippen molar-refractivity contribution in [2.45, 2.75) is 6.42 Å². The fraction of sp³-hybridized carbons (Fsp3) is 0.118. The minimum Gasteiger partial charge on any atom is -0.497 e. The van der Waals surface area contributed by atoms with Crippen LogP contribution in [-0.2, 0) is 6.42 Å². The monoisotopic (exact) mass is 294 g/mol. The zero-order chi connectivity index (χ0) is 15.7. The summed E-state index contributed by atoms with van der Waals surface area (Å²) in [4.78, 5) is 4.32. The van der Waals surface area contributed by atoms with Crippen LogP contribution in [0.1, 0.15) is 11.1 Å². The van der Waals surface area contributed by atoms with Gasteiger partial charge in [0.2, 0.25) is 0 Å². The van der Waals surface area contributed by atoms with E-state index in [1.807, 2.05) is 42.5 Å². The number of anilines is 3. The van der Waals surface area contributed by atoms with Crippen molar-refractivity contribution in [3.05, 3.63) is 53.6 Å². The van der Waals surface area contributed by atoms with Crippen molar-refractivity contribution in [2.24, 2.45) is 0 Å². The third kappa shape index (κ3) is 2.37. The van der Waals surface area contributed by atoms with E-state index in [1.54, 1.807) is 7.11 Å². The lowest BCUT2D eigenvalue weighted by atomic mass is 9.99. The molecule has 3 rings (SSSR count). The lowest BCUT2D eigenvalue weighted by Crippen LogP contribution is -2.05. The Kier molecular flexibility index (Phi) is 3.47. The highest BCUT2D eigenvalue weighted by Crippen LogP contribution is 2.32. The zero-order valence-electron chi connectivity index (χ0n) is 12.3. The number of ether oxygens (including phenoxy) is 1. The normalized spacial score (nSPS) is 10.8. The van der Waals surface area contributed by atoms with E-state index in [-0.39, 0.29) is 5.82 Å². The lowest BCUT2D eigenvalue weighted by molar-refractivity contribution is 0.414. The third-order valence-electron chi connectivity index (χ3n) is 3.76. The molecule has 0 atom stereocenters. The molecule has 0 aliphatic heterocycles. The van der Waals surface area contributed by atoms with Crippen molar-refractivity contribution < 1.29 is 4.74 Å². The van der Waals surface area contributed by atoms with E-state index in [0.29, 0.717) is 11.4 Å². The maximum Gasteiger partial charge on any atom is 0.149 e. The van der Waals surface area contributed by atoms with Crippen molar-refractivity contribution in [3.63, 3.8) is 0 Å². The van der Waals surface area contributed by atoms with Gasteiger partial charge in [-0.05, 0) is 35.7 Å². The van der Waals surface area contributed by atoms with Gasteiger partial charge in [0.1, 0.15) is 11.6 Å². The van der Waals surface area contributed by atoms with Crippen molar-refractivity contribution in [1.29, 1.82) is 0 Å². The Balaban J connectivity index is 2.08. The van der Waals surface area contributed by atoms with Gasteiger partial charge in [-0.15, -0.1) is 0 Å². The van der Waals surface area contributed by atoms with Gasteiger partial charge in [-0.1, -0.05) is 24.3 Å². The first kappa shape index (κ1) is 14.0. The van der Waals surface area contributed by atoms with Crippen LogP contribution in [0.4, 0.5) is 17.2 Å². The molecule has 5 nitrogen and oxygen atoms in total. The van der Waals surface area contributed by atoms with Gasteiger partial charge in [0.05, 0.1) is 24.0 Å². The lowest BCUT2D eigenvalue weighted by Gasteiger charge is -2.12. The van der Waals surface area contributed by atoms with Crippen LogP contribution in [0.3, 0.4) is 0 Å². The molecule has 3 aromatic rings. The number of hydrogen-bond acceptors (Lipinski definition) is 5. The molecule has 0 unspecified atom stereocenters. The fourth-order valence-corrected chi connectivity index (χ4v) is 2.56. The molecule has 2 aromatic carbocycles. The van der Waals surface area contributed by atoms with Gasteiger partial charge in [0.25, 0.3) is 0 Å². The summed E-state index contributed by atoms with van der Waals surface area (Å²) in [5.74, 6) is 1.10. The Bertz CT molecular complexity index is 828. The summed E-state index contributed by atoms with van der Waals surface area (Å²) in [7, 11) is 1.65. The maximum absolute atomic E-state index is 6.15. The van der Waals surface area contributed by atoms with Gasteiger partial charge in [0, 0.05) is 5.39 Å². The third-order valence-corrected chi connectivity index (χ3v) is 3.76. The van der Waals surface area contributed by atoms with Crippen LogP contribution in [0, 0.1) is 0 Å². The van der Waals surface area contributed by atoms with E-state index >= 15 is 0 Å². The first-order valence-electron chi connectivity index (χ1n) is 6.95. The summed E-state index contributed by atoms with van der Waals surface area (Å²) in [5.41, 5.74) is 21.7. The Labute approximate surface area is 128 Å². The molecule has 0 amide bonds. The summed E-state index contributed by atoms with van der Waals surface area (Å²) in [6.07, 6.45) is 0.733. The number of fused-ring (bicyclic) bond motifs is 1. The van der Waals surface area contributed by atoms with Crippen LogP contribution in [0.2, 0.25) is 0 Å². The van der Waals surface area contributed by atoms with Crippen molar-refractivity contribution in [2.75, 3.05) is 24.3 Å². The van der Waals surface area contributed by atoms with Crippen LogP contribution in [-0.4, -0.2) is 12.1 Å². The molecule has 0 saturated heterocycles. The summed E-state index contributed by atoms with van der Waals surface area (Å²) >= 11 is 0. The Morgan fingerprint density at radius 1 is 0.955 bits per heavy atom. The van der Waals surface area contributed by atoms with Gasteiger partial charge in [0.15, 0.2) is 0 Å². The highest BCUT2D eigenvalue weighted by molar-refractivity contribution is 6.01. The topological polar surface area (TPSA) is 100 Å². The van der Waals surface area contributed by atoms with E-state index in [0.717, 1.165) is 34.2 Å². The average Bonchev–Trinajstić information content (AvgIpc) is 2.53. The summed E-state index contributed by atoms with van der Waals surface area (Å²) in [5, 5.41) is 0.866. The smallest absolute Gasteiger partial charge is 0.149 e. The molecule has 0 aliphatic rings. The number of aromatic nitrogens is 1. The number of methoxy groups -OCH3 is 1. The van der Waals surface area contributed by atoms with Crippen molar-refractivity contribution in [3.8, 4) is 5.75 Å². The zero-order valence-corrected chi connectivity index (χ0v) is 12.3. The van der Waals surface area contributed by atoms with Crippen LogP contribution >= 0.6 is 0 Å². The molecule has 5 heteroatoms. The molecule has 1 aromatic heterocycles. The molecule has 1 heterocycles. The molecule has 0 saturated carbocycles. The molecule has 0 bridgehead atoms. The number of benzene rings is 2. The molecule has 22 heavy (non-hydrogen) atoms. The first-order chi connectivity index (χ1) is 10.6. The summed E-state index contributed by atoms with van der Waals surface area (Å²) < 4.78 is 5.18. The van der Waals surface area contributed by atoms with Crippen LogP contribution in [0.5, 0.6) is 5.75 Å². The Hall–Kier alpha value is -2.95. The average molecular weight is 294 g/mol. The molecule has 112 valence electrons. The van der Waals surface area contributed by atoms with Gasteiger partial charge >= 0.3 is 0 Å². The van der Waals surface area contributed by atoms with Gasteiger partial charge < -0.3 is 21.9 Å². The molecule has 6 N–H and O–H groups in total. The van der Waals surface area contributed by atoms with Crippen LogP contribution in [0.15, 0.2) is 42.5 Å². The van der Waals surface area contributed by atoms with E-state index in [1.165, 1.54) is 0 Å². The molecular weight excluding hydrogens is 276 g/mol. The van der Waals surface area contributed by atoms with E-state index in [4.69, 9.17) is 21.9 Å². The molecule has 0 radical (unpaired) electrons. The SMILES string of the molecule is COc1ccc(Cc2cccc3nc(N)c(N)c(N)c23)cc1. The van der Waals surface area contributed by atoms with E-state index in [2.05, 4.69) is 4.98 Å². The summed E-state index contributed by atoms with van der Waals surface area (Å²) in [6.45, 7) is 0. The number of nitrogen functional groups attached to an aromatic ring is 3. The summed E-state index contributed by atoms with van der Waals surface area (Å²) in [6, 6.07) is 13.8. The van der Waals surface area contributed by atoms with Crippen molar-refractivity contribution in [1.82, 2.24) is 4.98 Å².